The minimum Gasteiger partial charge on any atom is -0.396 e. The van der Waals surface area contributed by atoms with Gasteiger partial charge in [0.25, 0.3) is 0 Å². The normalized spacial score (nSPS) is 11.0. The molecule has 0 bridgehead atoms. The predicted octanol–water partition coefficient (Wildman–Crippen LogP) is 1.70. The van der Waals surface area contributed by atoms with Gasteiger partial charge in [0.15, 0.2) is 0 Å². The third-order valence-corrected chi connectivity index (χ3v) is 3.41. The molecule has 0 aliphatic rings. The average Bonchev–Trinajstić information content (AvgIpc) is 2.61. The molecule has 0 atom stereocenters. The van der Waals surface area contributed by atoms with Crippen LogP contribution in [0.25, 0.3) is 0 Å². The Balaban J connectivity index is 2.65. The van der Waals surface area contributed by atoms with E-state index in [0.717, 1.165) is 42.6 Å². The van der Waals surface area contributed by atoms with Crippen LogP contribution in [0.5, 0.6) is 0 Å². The molecule has 5 heteroatoms. The summed E-state index contributed by atoms with van der Waals surface area (Å²) < 4.78 is 3.14. The Morgan fingerprint density at radius 1 is 1.44 bits per heavy atom. The number of rotatable bonds is 7. The molecule has 16 heavy (non-hydrogen) atoms. The predicted molar refractivity (Wildman–Crippen MR) is 68.4 cm³/mol. The summed E-state index contributed by atoms with van der Waals surface area (Å²) in [6.07, 6.45) is 1.73. The molecule has 0 radical (unpaired) electrons. The van der Waals surface area contributed by atoms with E-state index >= 15 is 0 Å². The molecule has 0 saturated carbocycles. The van der Waals surface area contributed by atoms with Gasteiger partial charge in [0.05, 0.1) is 15.9 Å². The molecule has 1 heterocycles. The van der Waals surface area contributed by atoms with E-state index in [1.807, 2.05) is 4.68 Å². The molecule has 0 aliphatic heterocycles. The van der Waals surface area contributed by atoms with E-state index in [9.17, 15) is 0 Å². The summed E-state index contributed by atoms with van der Waals surface area (Å²) in [6, 6.07) is 0. The highest BCUT2D eigenvalue weighted by Gasteiger charge is 2.12. The molecule has 1 aromatic rings. The molecular formula is C11H20BrN3O. The number of aliphatic hydroxyl groups excluding tert-OH is 1. The average molecular weight is 290 g/mol. The lowest BCUT2D eigenvalue weighted by atomic mass is 10.3. The first-order valence-electron chi connectivity index (χ1n) is 5.80. The number of aryl methyl sites for hydroxylation is 2. The SMILES string of the molecule is CCc1nn(CC)c(CNCCCO)c1Br. The van der Waals surface area contributed by atoms with Crippen LogP contribution in [0, 0.1) is 0 Å². The Morgan fingerprint density at radius 3 is 2.75 bits per heavy atom. The standard InChI is InChI=1S/C11H20BrN3O/c1-3-9-11(12)10(15(4-2)14-9)8-13-6-5-7-16/h13,16H,3-8H2,1-2H3. The highest BCUT2D eigenvalue weighted by Crippen LogP contribution is 2.22. The number of nitrogens with one attached hydrogen (secondary N) is 1. The van der Waals surface area contributed by atoms with Crippen LogP contribution in [0.1, 0.15) is 31.7 Å². The van der Waals surface area contributed by atoms with Gasteiger partial charge in [-0.25, -0.2) is 0 Å². The first-order valence-corrected chi connectivity index (χ1v) is 6.59. The highest BCUT2D eigenvalue weighted by molar-refractivity contribution is 9.10. The lowest BCUT2D eigenvalue weighted by Crippen LogP contribution is -2.18. The van der Waals surface area contributed by atoms with Gasteiger partial charge in [-0.1, -0.05) is 6.92 Å². The summed E-state index contributed by atoms with van der Waals surface area (Å²) in [5.41, 5.74) is 2.30. The van der Waals surface area contributed by atoms with E-state index in [4.69, 9.17) is 5.11 Å². The summed E-state index contributed by atoms with van der Waals surface area (Å²) in [7, 11) is 0. The Hall–Kier alpha value is -0.390. The first-order chi connectivity index (χ1) is 7.74. The lowest BCUT2D eigenvalue weighted by Gasteiger charge is -2.06. The van der Waals surface area contributed by atoms with Crippen molar-refractivity contribution in [1.82, 2.24) is 15.1 Å². The zero-order chi connectivity index (χ0) is 12.0. The maximum absolute atomic E-state index is 8.69. The van der Waals surface area contributed by atoms with E-state index < -0.39 is 0 Å². The molecule has 92 valence electrons. The van der Waals surface area contributed by atoms with Crippen LogP contribution in [-0.2, 0) is 19.5 Å². The van der Waals surface area contributed by atoms with Crippen LogP contribution in [0.4, 0.5) is 0 Å². The summed E-state index contributed by atoms with van der Waals surface area (Å²) in [5, 5.41) is 16.5. The minimum atomic E-state index is 0.238. The zero-order valence-electron chi connectivity index (χ0n) is 9.96. The van der Waals surface area contributed by atoms with Gasteiger partial charge in [-0.3, -0.25) is 4.68 Å². The number of hydrogen-bond donors (Lipinski definition) is 2. The van der Waals surface area contributed by atoms with Crippen LogP contribution < -0.4 is 5.32 Å². The summed E-state index contributed by atoms with van der Waals surface area (Å²) in [5.74, 6) is 0. The van der Waals surface area contributed by atoms with E-state index in [0.29, 0.717) is 0 Å². The molecule has 0 fully saturated rings. The highest BCUT2D eigenvalue weighted by atomic mass is 79.9. The number of aromatic nitrogens is 2. The molecule has 0 saturated heterocycles. The van der Waals surface area contributed by atoms with Crippen molar-refractivity contribution >= 4 is 15.9 Å². The maximum atomic E-state index is 8.69. The molecule has 0 amide bonds. The van der Waals surface area contributed by atoms with Crippen LogP contribution >= 0.6 is 15.9 Å². The van der Waals surface area contributed by atoms with Crippen molar-refractivity contribution in [2.24, 2.45) is 0 Å². The van der Waals surface area contributed by atoms with Crippen LogP contribution in [-0.4, -0.2) is 28.0 Å². The van der Waals surface area contributed by atoms with Crippen molar-refractivity contribution in [2.75, 3.05) is 13.2 Å². The van der Waals surface area contributed by atoms with Gasteiger partial charge in [-0.05, 0) is 42.2 Å². The smallest absolute Gasteiger partial charge is 0.0767 e. The Kier molecular flexibility index (Phi) is 6.01. The van der Waals surface area contributed by atoms with Gasteiger partial charge in [-0.15, -0.1) is 0 Å². The van der Waals surface area contributed by atoms with Crippen LogP contribution in [0.15, 0.2) is 4.47 Å². The van der Waals surface area contributed by atoms with E-state index in [-0.39, 0.29) is 6.61 Å². The topological polar surface area (TPSA) is 50.1 Å². The van der Waals surface area contributed by atoms with Crippen LogP contribution in [0.2, 0.25) is 0 Å². The molecule has 1 rings (SSSR count). The molecule has 0 unspecified atom stereocenters. The molecule has 0 aromatic carbocycles. The molecule has 0 aliphatic carbocycles. The van der Waals surface area contributed by atoms with Gasteiger partial charge < -0.3 is 10.4 Å². The zero-order valence-corrected chi connectivity index (χ0v) is 11.5. The Morgan fingerprint density at radius 2 is 2.19 bits per heavy atom. The van der Waals surface area contributed by atoms with Gasteiger partial charge in [0.2, 0.25) is 0 Å². The van der Waals surface area contributed by atoms with Gasteiger partial charge >= 0.3 is 0 Å². The molecular weight excluding hydrogens is 270 g/mol. The number of halogens is 1. The number of aliphatic hydroxyl groups is 1. The monoisotopic (exact) mass is 289 g/mol. The second kappa shape index (κ2) is 7.04. The quantitative estimate of drug-likeness (QED) is 0.752. The van der Waals surface area contributed by atoms with Crippen molar-refractivity contribution in [2.45, 2.75) is 39.8 Å². The number of hydrogen-bond acceptors (Lipinski definition) is 3. The van der Waals surface area contributed by atoms with Crippen molar-refractivity contribution < 1.29 is 5.11 Å². The van der Waals surface area contributed by atoms with E-state index in [1.165, 1.54) is 5.69 Å². The van der Waals surface area contributed by atoms with Gasteiger partial charge in [-0.2, -0.15) is 5.10 Å². The van der Waals surface area contributed by atoms with E-state index in [1.54, 1.807) is 0 Å². The largest absolute Gasteiger partial charge is 0.396 e. The second-order valence-electron chi connectivity index (χ2n) is 3.63. The van der Waals surface area contributed by atoms with Crippen molar-refractivity contribution in [3.8, 4) is 0 Å². The molecule has 1 aromatic heterocycles. The third kappa shape index (κ3) is 3.30. The van der Waals surface area contributed by atoms with Crippen molar-refractivity contribution in [3.05, 3.63) is 15.9 Å². The maximum Gasteiger partial charge on any atom is 0.0767 e. The van der Waals surface area contributed by atoms with Gasteiger partial charge in [0.1, 0.15) is 0 Å². The second-order valence-corrected chi connectivity index (χ2v) is 4.42. The first kappa shape index (κ1) is 13.7. The fourth-order valence-electron chi connectivity index (χ4n) is 1.60. The van der Waals surface area contributed by atoms with Crippen molar-refractivity contribution in [3.63, 3.8) is 0 Å². The summed E-state index contributed by atoms with van der Waals surface area (Å²) in [4.78, 5) is 0. The fraction of sp³-hybridized carbons (Fsp3) is 0.727. The van der Waals surface area contributed by atoms with E-state index in [2.05, 4.69) is 40.2 Å². The molecule has 0 spiro atoms. The Bertz CT molecular complexity index is 325. The lowest BCUT2D eigenvalue weighted by molar-refractivity contribution is 0.285. The summed E-state index contributed by atoms with van der Waals surface area (Å²) in [6.45, 7) is 6.95. The Labute approximate surface area is 105 Å². The molecule has 2 N–H and O–H groups in total. The molecule has 4 nitrogen and oxygen atoms in total. The fourth-order valence-corrected chi connectivity index (χ4v) is 2.30. The van der Waals surface area contributed by atoms with Gasteiger partial charge in [0, 0.05) is 19.7 Å². The van der Waals surface area contributed by atoms with Crippen LogP contribution in [0.3, 0.4) is 0 Å². The third-order valence-electron chi connectivity index (χ3n) is 2.50. The van der Waals surface area contributed by atoms with Crippen molar-refractivity contribution in [1.29, 1.82) is 0 Å². The number of nitrogens with zero attached hydrogens (tertiary/aromatic N) is 2. The minimum absolute atomic E-state index is 0.238. The summed E-state index contributed by atoms with van der Waals surface area (Å²) >= 11 is 3.60.